The second-order valence-electron chi connectivity index (χ2n) is 6.70. The van der Waals surface area contributed by atoms with Crippen molar-refractivity contribution in [3.05, 3.63) is 63.3 Å². The van der Waals surface area contributed by atoms with Gasteiger partial charge in [-0.2, -0.15) is 19.6 Å². The van der Waals surface area contributed by atoms with Crippen molar-refractivity contribution in [2.45, 2.75) is 25.4 Å². The van der Waals surface area contributed by atoms with Crippen LogP contribution < -0.4 is 21.8 Å². The van der Waals surface area contributed by atoms with Crippen molar-refractivity contribution in [1.82, 2.24) is 34.5 Å². The van der Waals surface area contributed by atoms with Gasteiger partial charge in [-0.3, -0.25) is 9.97 Å². The van der Waals surface area contributed by atoms with E-state index in [9.17, 15) is 9.90 Å². The number of H-pyrrole nitrogens is 2. The van der Waals surface area contributed by atoms with Gasteiger partial charge < -0.3 is 15.4 Å². The van der Waals surface area contributed by atoms with Crippen molar-refractivity contribution in [3.63, 3.8) is 0 Å². The number of rotatable bonds is 5. The van der Waals surface area contributed by atoms with Gasteiger partial charge in [-0.05, 0) is 31.1 Å². The van der Waals surface area contributed by atoms with E-state index in [1.165, 1.54) is 0 Å². The minimum atomic E-state index is -0.498. The number of aromatic nitrogens is 7. The number of imidazole rings is 1. The van der Waals surface area contributed by atoms with E-state index in [1.54, 1.807) is 23.0 Å². The Morgan fingerprint density at radius 1 is 1.31 bits per heavy atom. The Morgan fingerprint density at radius 3 is 2.93 bits per heavy atom. The van der Waals surface area contributed by atoms with Crippen LogP contribution >= 0.6 is 0 Å². The fourth-order valence-electron chi connectivity index (χ4n) is 2.83. The summed E-state index contributed by atoms with van der Waals surface area (Å²) in [5, 5.41) is 17.9. The van der Waals surface area contributed by atoms with Gasteiger partial charge in [-0.1, -0.05) is 6.07 Å². The van der Waals surface area contributed by atoms with Gasteiger partial charge in [0.25, 0.3) is 5.62 Å². The maximum absolute atomic E-state index is 11.4. The van der Waals surface area contributed by atoms with E-state index in [0.717, 1.165) is 18.5 Å². The fourth-order valence-corrected chi connectivity index (χ4v) is 2.83. The molecule has 1 fully saturated rings. The topological polar surface area (TPSA) is 149 Å². The Balaban J connectivity index is 1.61. The number of aromatic hydroxyl groups is 1. The number of hydrogen-bond donors (Lipinski definition) is 4. The lowest BCUT2D eigenvalue weighted by Crippen LogP contribution is -2.24. The lowest BCUT2D eigenvalue weighted by molar-refractivity contribution is 0.454. The predicted molar refractivity (Wildman–Crippen MR) is 103 cm³/mol. The molecule has 0 radical (unpaired) electrons. The number of hydrogen-bond acceptors (Lipinski definition) is 8. The van der Waals surface area contributed by atoms with Gasteiger partial charge in [0.1, 0.15) is 5.69 Å². The van der Waals surface area contributed by atoms with Crippen LogP contribution in [0.25, 0.3) is 11.7 Å². The van der Waals surface area contributed by atoms with E-state index in [-0.39, 0.29) is 17.6 Å². The van der Waals surface area contributed by atoms with Crippen molar-refractivity contribution >= 4 is 17.7 Å². The zero-order valence-electron chi connectivity index (χ0n) is 15.2. The van der Waals surface area contributed by atoms with Crippen LogP contribution in [0.1, 0.15) is 24.2 Å². The molecule has 4 aromatic rings. The first kappa shape index (κ1) is 17.1. The zero-order chi connectivity index (χ0) is 19.8. The quantitative estimate of drug-likeness (QED) is 0.357. The smallest absolute Gasteiger partial charge is 0.326 e. The van der Waals surface area contributed by atoms with Gasteiger partial charge in [0, 0.05) is 11.4 Å². The maximum Gasteiger partial charge on any atom is 0.326 e. The molecule has 0 unspecified atom stereocenters. The maximum atomic E-state index is 11.4. The summed E-state index contributed by atoms with van der Waals surface area (Å²) < 4.78 is 1.55. The summed E-state index contributed by atoms with van der Waals surface area (Å²) in [5.74, 6) is 0.143. The average molecular weight is 391 g/mol. The molecule has 1 aliphatic carbocycles. The minimum Gasteiger partial charge on any atom is -0.493 e. The van der Waals surface area contributed by atoms with Crippen LogP contribution in [-0.2, 0) is 6.54 Å². The molecule has 0 saturated heterocycles. The van der Waals surface area contributed by atoms with Crippen molar-refractivity contribution < 1.29 is 5.11 Å². The molecule has 1 aliphatic rings. The molecule has 146 valence electrons. The van der Waals surface area contributed by atoms with Crippen LogP contribution in [-0.4, -0.2) is 45.7 Å². The zero-order valence-corrected chi connectivity index (χ0v) is 15.2. The normalized spacial score (nSPS) is 15.3. The summed E-state index contributed by atoms with van der Waals surface area (Å²) in [6.07, 6.45) is 6.96. The third-order valence-corrected chi connectivity index (χ3v) is 4.41. The highest BCUT2D eigenvalue weighted by atomic mass is 16.3. The lowest BCUT2D eigenvalue weighted by atomic mass is 10.3. The number of aromatic amines is 2. The minimum absolute atomic E-state index is 0.243. The largest absolute Gasteiger partial charge is 0.493 e. The monoisotopic (exact) mass is 391 g/mol. The Bertz CT molecular complexity index is 1350. The third kappa shape index (κ3) is 3.57. The van der Waals surface area contributed by atoms with Gasteiger partial charge in [-0.25, -0.2) is 9.79 Å². The van der Waals surface area contributed by atoms with Crippen molar-refractivity contribution in [1.29, 1.82) is 0 Å². The summed E-state index contributed by atoms with van der Waals surface area (Å²) in [5.41, 5.74) is 1.55. The molecule has 0 aromatic carbocycles. The van der Waals surface area contributed by atoms with Crippen LogP contribution in [0.2, 0.25) is 0 Å². The molecule has 4 aromatic heterocycles. The van der Waals surface area contributed by atoms with Crippen molar-refractivity contribution in [3.8, 4) is 5.88 Å². The highest BCUT2D eigenvalue weighted by Gasteiger charge is 2.21. The molecular formula is C18H17N9O2. The molecule has 0 amide bonds. The fraction of sp³-hybridized carbons (Fsp3) is 0.222. The van der Waals surface area contributed by atoms with Crippen LogP contribution in [0.15, 0.2) is 40.4 Å². The summed E-state index contributed by atoms with van der Waals surface area (Å²) in [6.45, 7) is 0.457. The molecule has 4 heterocycles. The first-order chi connectivity index (χ1) is 14.2. The molecule has 5 rings (SSSR count). The molecule has 0 aliphatic heterocycles. The van der Waals surface area contributed by atoms with E-state index in [4.69, 9.17) is 0 Å². The molecule has 1 saturated carbocycles. The van der Waals surface area contributed by atoms with Gasteiger partial charge in [-0.15, -0.1) is 0 Å². The number of pyridine rings is 1. The third-order valence-electron chi connectivity index (χ3n) is 4.41. The first-order valence-electron chi connectivity index (χ1n) is 9.12. The SMILES string of the molecule is O=c1[nH]c(O)c(/C=c2\cnn3c(=NC4CC4)nc(NCc4ccccn4)nc23)[nH]1. The molecular weight excluding hydrogens is 374 g/mol. The number of anilines is 1. The summed E-state index contributed by atoms with van der Waals surface area (Å²) in [7, 11) is 0. The molecule has 29 heavy (non-hydrogen) atoms. The Kier molecular flexibility index (Phi) is 4.04. The van der Waals surface area contributed by atoms with E-state index in [1.807, 2.05) is 18.2 Å². The highest BCUT2D eigenvalue weighted by molar-refractivity contribution is 5.57. The average Bonchev–Trinajstić information content (AvgIpc) is 3.36. The molecule has 11 heteroatoms. The van der Waals surface area contributed by atoms with E-state index >= 15 is 0 Å². The van der Waals surface area contributed by atoms with Crippen molar-refractivity contribution in [2.75, 3.05) is 5.32 Å². The van der Waals surface area contributed by atoms with Crippen molar-refractivity contribution in [2.24, 2.45) is 4.99 Å². The second kappa shape index (κ2) is 6.86. The van der Waals surface area contributed by atoms with Gasteiger partial charge in [0.15, 0.2) is 5.65 Å². The number of nitrogens with zero attached hydrogens (tertiary/aromatic N) is 6. The Labute approximate surface area is 162 Å². The standard InChI is InChI=1S/C18H17N9O2/c28-15-13(23-18(29)25-15)7-10-8-21-27-14(10)24-16(26-17(27)22-11-4-5-11)20-9-12-3-1-2-6-19-12/h1-3,6-8,11,28H,4-5,9H2,(H,20,22,26)(H2,23,25,29)/b10-7+. The Morgan fingerprint density at radius 2 is 2.21 bits per heavy atom. The number of fused-ring (bicyclic) bond motifs is 1. The van der Waals surface area contributed by atoms with Crippen LogP contribution in [0.5, 0.6) is 5.88 Å². The molecule has 0 spiro atoms. The summed E-state index contributed by atoms with van der Waals surface area (Å²) in [6, 6.07) is 5.92. The highest BCUT2D eigenvalue weighted by Crippen LogP contribution is 2.22. The predicted octanol–water partition coefficient (Wildman–Crippen LogP) is -0.536. The molecule has 11 nitrogen and oxygen atoms in total. The van der Waals surface area contributed by atoms with Gasteiger partial charge >= 0.3 is 5.69 Å². The second-order valence-corrected chi connectivity index (χ2v) is 6.70. The number of nitrogens with one attached hydrogen (secondary N) is 3. The summed E-state index contributed by atoms with van der Waals surface area (Å²) in [4.78, 5) is 34.1. The van der Waals surface area contributed by atoms with Crippen LogP contribution in [0, 0.1) is 0 Å². The molecule has 4 N–H and O–H groups in total. The molecule has 0 atom stereocenters. The van der Waals surface area contributed by atoms with E-state index in [0.29, 0.717) is 29.0 Å². The van der Waals surface area contributed by atoms with E-state index in [2.05, 4.69) is 40.3 Å². The first-order valence-corrected chi connectivity index (χ1v) is 9.12. The van der Waals surface area contributed by atoms with Gasteiger partial charge in [0.05, 0.1) is 24.5 Å². The van der Waals surface area contributed by atoms with Crippen LogP contribution in [0.4, 0.5) is 5.95 Å². The lowest BCUT2D eigenvalue weighted by Gasteiger charge is -2.04. The van der Waals surface area contributed by atoms with Crippen LogP contribution in [0.3, 0.4) is 0 Å². The summed E-state index contributed by atoms with van der Waals surface area (Å²) >= 11 is 0. The molecule has 0 bridgehead atoms. The van der Waals surface area contributed by atoms with E-state index < -0.39 is 5.69 Å². The Hall–Kier alpha value is -4.02. The van der Waals surface area contributed by atoms with Gasteiger partial charge in [0.2, 0.25) is 11.8 Å².